The summed E-state index contributed by atoms with van der Waals surface area (Å²) in [6.07, 6.45) is 4.77. The van der Waals surface area contributed by atoms with Gasteiger partial charge in [0.25, 0.3) is 0 Å². The molecule has 1 N–H and O–H groups in total. The van der Waals surface area contributed by atoms with Gasteiger partial charge in [-0.1, -0.05) is 35.9 Å². The van der Waals surface area contributed by atoms with Crippen LogP contribution in [0.15, 0.2) is 35.9 Å². The molecule has 1 aromatic rings. The molecule has 3 atom stereocenters. The van der Waals surface area contributed by atoms with Crippen LogP contribution >= 0.6 is 0 Å². The number of allylic oxidation sites excluding steroid dienone is 2. The maximum absolute atomic E-state index is 9.86. The molecule has 1 fully saturated rings. The summed E-state index contributed by atoms with van der Waals surface area (Å²) < 4.78 is 0. The highest BCUT2D eigenvalue weighted by atomic mass is 14.6. The minimum atomic E-state index is -1.57. The molecule has 3 rings (SSSR count). The molecule has 0 amide bonds. The molecule has 0 unspecified atom stereocenters. The normalized spacial score (nSPS) is 27.8. The van der Waals surface area contributed by atoms with Crippen LogP contribution in [0.3, 0.4) is 0 Å². The van der Waals surface area contributed by atoms with Gasteiger partial charge < -0.3 is 5.41 Å². The van der Waals surface area contributed by atoms with Crippen molar-refractivity contribution in [1.82, 2.24) is 0 Å². The number of nitrogens with one attached hydrogen (secondary N) is 1. The molecule has 0 aliphatic heterocycles. The molecule has 2 aliphatic rings. The van der Waals surface area contributed by atoms with Crippen molar-refractivity contribution in [1.29, 1.82) is 21.2 Å². The third-order valence-electron chi connectivity index (χ3n) is 5.36. The molecule has 4 nitrogen and oxygen atoms in total. The van der Waals surface area contributed by atoms with Crippen LogP contribution in [0, 0.1) is 63.6 Å². The molecule has 24 heavy (non-hydrogen) atoms. The smallest absolute Gasteiger partial charge is 0.189 e. The van der Waals surface area contributed by atoms with Crippen molar-refractivity contribution in [3.63, 3.8) is 0 Å². The largest absolute Gasteiger partial charge is 0.305 e. The van der Waals surface area contributed by atoms with Crippen LogP contribution in [0.1, 0.15) is 36.3 Å². The predicted molar refractivity (Wildman–Crippen MR) is 89.8 cm³/mol. The second-order valence-electron chi connectivity index (χ2n) is 6.64. The lowest BCUT2D eigenvalue weighted by Gasteiger charge is -2.45. The summed E-state index contributed by atoms with van der Waals surface area (Å²) in [4.78, 5) is 0. The lowest BCUT2D eigenvalue weighted by molar-refractivity contribution is 0.320. The van der Waals surface area contributed by atoms with E-state index in [-0.39, 0.29) is 11.6 Å². The highest BCUT2D eigenvalue weighted by Crippen LogP contribution is 2.55. The first kappa shape index (κ1) is 16.0. The summed E-state index contributed by atoms with van der Waals surface area (Å²) in [6, 6.07) is 14.2. The second kappa shape index (κ2) is 5.95. The number of benzene rings is 1. The van der Waals surface area contributed by atoms with E-state index in [1.54, 1.807) is 0 Å². The number of hydrogen-bond acceptors (Lipinski definition) is 4. The van der Waals surface area contributed by atoms with Crippen molar-refractivity contribution in [2.45, 2.75) is 32.1 Å². The number of hydrogen-bond donors (Lipinski definition) is 1. The van der Waals surface area contributed by atoms with Crippen molar-refractivity contribution in [2.75, 3.05) is 0 Å². The second-order valence-corrected chi connectivity index (χ2v) is 6.64. The Kier molecular flexibility index (Phi) is 3.96. The fraction of sp³-hybridized carbons (Fsp3) is 0.400. The molecule has 0 bridgehead atoms. The first-order chi connectivity index (χ1) is 11.6. The Hall–Kier alpha value is -2.90. The molecule has 2 aliphatic carbocycles. The van der Waals surface area contributed by atoms with Crippen LogP contribution in [-0.2, 0) is 0 Å². The Labute approximate surface area is 142 Å². The van der Waals surface area contributed by atoms with Gasteiger partial charge in [-0.2, -0.15) is 15.8 Å². The monoisotopic (exact) mass is 314 g/mol. The van der Waals surface area contributed by atoms with Gasteiger partial charge in [0.1, 0.15) is 5.92 Å². The highest BCUT2D eigenvalue weighted by Gasteiger charge is 2.56. The zero-order valence-electron chi connectivity index (χ0n) is 13.6. The Morgan fingerprint density at radius 3 is 2.38 bits per heavy atom. The van der Waals surface area contributed by atoms with E-state index in [4.69, 9.17) is 5.41 Å². The Bertz CT molecular complexity index is 812. The summed E-state index contributed by atoms with van der Waals surface area (Å²) in [5, 5.41) is 37.8. The van der Waals surface area contributed by atoms with Crippen LogP contribution in [0.4, 0.5) is 0 Å². The van der Waals surface area contributed by atoms with Crippen LogP contribution in [0.25, 0.3) is 0 Å². The third-order valence-corrected chi connectivity index (χ3v) is 5.36. The zero-order chi connectivity index (χ0) is 17.3. The van der Waals surface area contributed by atoms with E-state index in [0.29, 0.717) is 0 Å². The van der Waals surface area contributed by atoms with E-state index in [1.165, 1.54) is 0 Å². The van der Waals surface area contributed by atoms with Gasteiger partial charge in [-0.25, -0.2) is 0 Å². The molecule has 0 heterocycles. The molecule has 0 radical (unpaired) electrons. The van der Waals surface area contributed by atoms with Gasteiger partial charge in [0.15, 0.2) is 5.41 Å². The van der Waals surface area contributed by atoms with Crippen LogP contribution < -0.4 is 0 Å². The van der Waals surface area contributed by atoms with Crippen molar-refractivity contribution in [2.24, 2.45) is 17.3 Å². The topological polar surface area (TPSA) is 95.2 Å². The number of rotatable bonds is 1. The summed E-state index contributed by atoms with van der Waals surface area (Å²) in [5.74, 6) is -1.17. The molecule has 1 aromatic carbocycles. The Morgan fingerprint density at radius 2 is 1.79 bits per heavy atom. The maximum atomic E-state index is 9.86. The summed E-state index contributed by atoms with van der Waals surface area (Å²) in [7, 11) is 0. The van der Waals surface area contributed by atoms with Gasteiger partial charge in [-0.05, 0) is 43.2 Å². The van der Waals surface area contributed by atoms with Gasteiger partial charge in [0, 0.05) is 5.92 Å². The minimum Gasteiger partial charge on any atom is -0.305 e. The maximum Gasteiger partial charge on any atom is 0.189 e. The van der Waals surface area contributed by atoms with Gasteiger partial charge in [0.2, 0.25) is 0 Å². The lowest BCUT2D eigenvalue weighted by atomic mass is 9.53. The molecule has 0 aromatic heterocycles. The number of nitrogens with zero attached hydrogens (tertiary/aromatic N) is 3. The molecule has 4 heteroatoms. The highest BCUT2D eigenvalue weighted by molar-refractivity contribution is 6.00. The lowest BCUT2D eigenvalue weighted by Crippen LogP contribution is -2.48. The molecular formula is C20H18N4. The first-order valence-corrected chi connectivity index (χ1v) is 8.16. The quantitative estimate of drug-likeness (QED) is 0.793. The average Bonchev–Trinajstić information content (AvgIpc) is 2.62. The first-order valence-electron chi connectivity index (χ1n) is 8.16. The van der Waals surface area contributed by atoms with E-state index in [1.807, 2.05) is 31.2 Å². The van der Waals surface area contributed by atoms with Crippen molar-refractivity contribution in [3.05, 3.63) is 47.0 Å². The molecule has 0 spiro atoms. The zero-order valence-corrected chi connectivity index (χ0v) is 13.6. The van der Waals surface area contributed by atoms with Gasteiger partial charge >= 0.3 is 0 Å². The summed E-state index contributed by atoms with van der Waals surface area (Å²) in [5.41, 5.74) is 1.31. The number of fused-ring (bicyclic) bond motifs is 1. The third kappa shape index (κ3) is 2.14. The Morgan fingerprint density at radius 1 is 1.12 bits per heavy atom. The summed E-state index contributed by atoms with van der Waals surface area (Å²) in [6.45, 7) is 1.99. The average molecular weight is 314 g/mol. The molecule has 118 valence electrons. The predicted octanol–water partition coefficient (Wildman–Crippen LogP) is 4.01. The van der Waals surface area contributed by atoms with Crippen molar-refractivity contribution < 1.29 is 0 Å². The number of aryl methyl sites for hydroxylation is 1. The fourth-order valence-corrected chi connectivity index (χ4v) is 4.16. The van der Waals surface area contributed by atoms with Crippen molar-refractivity contribution >= 4 is 5.71 Å². The standard InChI is InChI=1S/C20H18N4/c1-13-6-8-14(9-7-13)18-16-5-3-2-4-15(16)17(10-21)19(24)20(18,11-22)12-23/h4,6-9,16-18,24H,2-3,5H2,1H3/t16-,17-,18-/m0/s1. The molecular weight excluding hydrogens is 296 g/mol. The van der Waals surface area contributed by atoms with Crippen LogP contribution in [-0.4, -0.2) is 5.71 Å². The van der Waals surface area contributed by atoms with E-state index < -0.39 is 17.3 Å². The minimum absolute atomic E-state index is 0.0282. The van der Waals surface area contributed by atoms with Gasteiger partial charge in [-0.15, -0.1) is 0 Å². The molecule has 1 saturated carbocycles. The van der Waals surface area contributed by atoms with E-state index in [9.17, 15) is 15.8 Å². The number of nitriles is 3. The Balaban J connectivity index is 2.24. The van der Waals surface area contributed by atoms with Crippen LogP contribution in [0.5, 0.6) is 0 Å². The molecule has 0 saturated heterocycles. The summed E-state index contributed by atoms with van der Waals surface area (Å²) >= 11 is 0. The SMILES string of the molecule is Cc1ccc([C@H]2[C@H]3CCCC=C3[C@H](C#N)C(=N)C2(C#N)C#N)cc1. The van der Waals surface area contributed by atoms with Gasteiger partial charge in [0.05, 0.1) is 23.9 Å². The van der Waals surface area contributed by atoms with E-state index in [2.05, 4.69) is 24.3 Å². The van der Waals surface area contributed by atoms with Crippen molar-refractivity contribution in [3.8, 4) is 18.2 Å². The van der Waals surface area contributed by atoms with E-state index in [0.717, 1.165) is 36.0 Å². The van der Waals surface area contributed by atoms with Crippen LogP contribution in [0.2, 0.25) is 0 Å². The fourth-order valence-electron chi connectivity index (χ4n) is 4.16. The van der Waals surface area contributed by atoms with E-state index >= 15 is 0 Å². The van der Waals surface area contributed by atoms with Gasteiger partial charge in [-0.3, -0.25) is 0 Å².